The molecule has 0 heterocycles. The Morgan fingerprint density at radius 3 is 2.48 bits per heavy atom. The number of amides is 1. The van der Waals surface area contributed by atoms with Crippen molar-refractivity contribution in [2.45, 2.75) is 64.5 Å². The van der Waals surface area contributed by atoms with Crippen LogP contribution in [0.2, 0.25) is 0 Å². The maximum absolute atomic E-state index is 12.5. The van der Waals surface area contributed by atoms with Crippen LogP contribution >= 0.6 is 12.4 Å². The van der Waals surface area contributed by atoms with Crippen LogP contribution < -0.4 is 5.73 Å². The van der Waals surface area contributed by atoms with Crippen LogP contribution in [0.5, 0.6) is 0 Å². The second kappa shape index (κ2) is 8.28. The zero-order chi connectivity index (χ0) is 14.5. The van der Waals surface area contributed by atoms with Gasteiger partial charge in [-0.15, -0.1) is 12.4 Å². The molecule has 118 valence electrons. The fourth-order valence-electron chi connectivity index (χ4n) is 3.23. The molecule has 21 heavy (non-hydrogen) atoms. The van der Waals surface area contributed by atoms with Crippen LogP contribution in [0.3, 0.4) is 0 Å². The zero-order valence-electron chi connectivity index (χ0n) is 13.0. The van der Waals surface area contributed by atoms with Crippen molar-refractivity contribution in [3.8, 4) is 0 Å². The number of halogens is 1. The van der Waals surface area contributed by atoms with Crippen LogP contribution in [-0.4, -0.2) is 22.9 Å². The van der Waals surface area contributed by atoms with E-state index in [2.05, 4.69) is 18.7 Å². The number of carbonyl (C=O) groups excluding carboxylic acids is 1. The van der Waals surface area contributed by atoms with Crippen molar-refractivity contribution in [3.63, 3.8) is 0 Å². The van der Waals surface area contributed by atoms with Gasteiger partial charge in [0.25, 0.3) is 0 Å². The van der Waals surface area contributed by atoms with Crippen LogP contribution in [0.1, 0.15) is 51.5 Å². The Hall–Kier alpha value is -1.22. The first-order valence-corrected chi connectivity index (χ1v) is 7.74. The number of nitrogens with zero attached hydrogens (tertiary/aromatic N) is 1. The normalized spacial score (nSPS) is 15.0. The van der Waals surface area contributed by atoms with Crippen molar-refractivity contribution in [2.24, 2.45) is 0 Å². The van der Waals surface area contributed by atoms with Gasteiger partial charge in [0.15, 0.2) is 0 Å². The molecule has 0 spiro atoms. The molecule has 1 fully saturated rings. The zero-order valence-corrected chi connectivity index (χ0v) is 13.9. The number of carbonyl (C=O) groups is 1. The van der Waals surface area contributed by atoms with Gasteiger partial charge in [-0.05, 0) is 44.7 Å². The highest BCUT2D eigenvalue weighted by molar-refractivity contribution is 5.85. The Balaban J connectivity index is 0.00000220. The first kappa shape index (κ1) is 17.8. The molecule has 1 saturated carbocycles. The van der Waals surface area contributed by atoms with Crippen molar-refractivity contribution in [2.75, 3.05) is 5.73 Å². The summed E-state index contributed by atoms with van der Waals surface area (Å²) < 4.78 is 0. The topological polar surface area (TPSA) is 46.3 Å². The van der Waals surface area contributed by atoms with E-state index in [0.29, 0.717) is 18.5 Å². The minimum Gasteiger partial charge on any atom is -0.399 e. The van der Waals surface area contributed by atoms with Gasteiger partial charge in [-0.2, -0.15) is 0 Å². The van der Waals surface area contributed by atoms with Crippen molar-refractivity contribution < 1.29 is 4.79 Å². The van der Waals surface area contributed by atoms with Gasteiger partial charge in [0.05, 0.1) is 0 Å². The lowest BCUT2D eigenvalue weighted by atomic mass is 10.1. The van der Waals surface area contributed by atoms with Crippen LogP contribution in [0.4, 0.5) is 5.69 Å². The summed E-state index contributed by atoms with van der Waals surface area (Å²) in [5.74, 6) is 0.273. The highest BCUT2D eigenvalue weighted by Gasteiger charge is 2.28. The molecule has 1 aromatic carbocycles. The van der Waals surface area contributed by atoms with E-state index >= 15 is 0 Å². The largest absolute Gasteiger partial charge is 0.399 e. The molecule has 0 radical (unpaired) electrons. The van der Waals surface area contributed by atoms with Gasteiger partial charge in [0.2, 0.25) is 5.91 Å². The predicted molar refractivity (Wildman–Crippen MR) is 90.7 cm³/mol. The number of nitrogens with two attached hydrogens (primary N) is 1. The Labute approximate surface area is 134 Å². The number of para-hydroxylation sites is 1. The van der Waals surface area contributed by atoms with Crippen LogP contribution in [0, 0.1) is 0 Å². The van der Waals surface area contributed by atoms with E-state index in [1.807, 2.05) is 24.3 Å². The van der Waals surface area contributed by atoms with Gasteiger partial charge in [-0.25, -0.2) is 0 Å². The second-order valence-electron chi connectivity index (χ2n) is 6.03. The lowest BCUT2D eigenvalue weighted by Gasteiger charge is -2.33. The summed E-state index contributed by atoms with van der Waals surface area (Å²) in [4.78, 5) is 14.6. The summed E-state index contributed by atoms with van der Waals surface area (Å²) in [5.41, 5.74) is 7.81. The van der Waals surface area contributed by atoms with E-state index in [4.69, 9.17) is 5.73 Å². The molecule has 3 nitrogen and oxygen atoms in total. The summed E-state index contributed by atoms with van der Waals surface area (Å²) in [6.07, 6.45) is 6.14. The third-order valence-electron chi connectivity index (χ3n) is 4.23. The Morgan fingerprint density at radius 2 is 1.90 bits per heavy atom. The molecule has 2 rings (SSSR count). The third-order valence-corrected chi connectivity index (χ3v) is 4.23. The minimum atomic E-state index is 0. The number of anilines is 1. The quantitative estimate of drug-likeness (QED) is 0.841. The Bertz CT molecular complexity index is 456. The average molecular weight is 311 g/mol. The minimum absolute atomic E-state index is 0. The van der Waals surface area contributed by atoms with Gasteiger partial charge in [0.1, 0.15) is 0 Å². The molecule has 0 atom stereocenters. The molecule has 1 aliphatic rings. The van der Waals surface area contributed by atoms with Gasteiger partial charge >= 0.3 is 0 Å². The van der Waals surface area contributed by atoms with Crippen molar-refractivity contribution in [1.29, 1.82) is 0 Å². The highest BCUT2D eigenvalue weighted by atomic mass is 35.5. The maximum atomic E-state index is 12.5. The molecule has 4 heteroatoms. The van der Waals surface area contributed by atoms with E-state index in [0.717, 1.165) is 30.5 Å². The van der Waals surface area contributed by atoms with Crippen molar-refractivity contribution >= 4 is 24.0 Å². The molecule has 1 amide bonds. The molecule has 0 aromatic heterocycles. The third kappa shape index (κ3) is 4.63. The number of aryl methyl sites for hydroxylation is 1. The molecule has 1 aliphatic carbocycles. The van der Waals surface area contributed by atoms with Crippen LogP contribution in [-0.2, 0) is 11.2 Å². The first-order valence-electron chi connectivity index (χ1n) is 7.74. The fourth-order valence-corrected chi connectivity index (χ4v) is 3.23. The van der Waals surface area contributed by atoms with E-state index < -0.39 is 0 Å². The molecular weight excluding hydrogens is 284 g/mol. The van der Waals surface area contributed by atoms with E-state index in [9.17, 15) is 4.79 Å². The number of benzene rings is 1. The SMILES string of the molecule is CC(C)N(C(=O)CCc1ccccc1N)C1CCCC1.Cl. The number of rotatable bonds is 5. The van der Waals surface area contributed by atoms with Crippen molar-refractivity contribution in [3.05, 3.63) is 29.8 Å². The van der Waals surface area contributed by atoms with Gasteiger partial charge in [0, 0.05) is 24.2 Å². The summed E-state index contributed by atoms with van der Waals surface area (Å²) >= 11 is 0. The second-order valence-corrected chi connectivity index (χ2v) is 6.03. The van der Waals surface area contributed by atoms with Crippen molar-refractivity contribution in [1.82, 2.24) is 4.90 Å². The molecule has 2 N–H and O–H groups in total. The first-order chi connectivity index (χ1) is 9.59. The summed E-state index contributed by atoms with van der Waals surface area (Å²) in [6, 6.07) is 8.57. The maximum Gasteiger partial charge on any atom is 0.223 e. The lowest BCUT2D eigenvalue weighted by Crippen LogP contribution is -2.43. The van der Waals surface area contributed by atoms with Crippen LogP contribution in [0.15, 0.2) is 24.3 Å². The van der Waals surface area contributed by atoms with E-state index in [1.54, 1.807) is 0 Å². The molecular formula is C17H27ClN2O. The molecule has 0 bridgehead atoms. The van der Waals surface area contributed by atoms with E-state index in [1.165, 1.54) is 12.8 Å². The molecule has 0 saturated heterocycles. The van der Waals surface area contributed by atoms with Gasteiger partial charge in [-0.1, -0.05) is 31.0 Å². The average Bonchev–Trinajstić information content (AvgIpc) is 2.91. The standard InChI is InChI=1S/C17H26N2O.ClH/c1-13(2)19(15-8-4-5-9-15)17(20)12-11-14-7-3-6-10-16(14)18;/h3,6-7,10,13,15H,4-5,8-9,11-12,18H2,1-2H3;1H. The predicted octanol–water partition coefficient (Wildman–Crippen LogP) is 3.80. The Morgan fingerprint density at radius 1 is 1.29 bits per heavy atom. The van der Waals surface area contributed by atoms with Gasteiger partial charge in [-0.3, -0.25) is 4.79 Å². The molecule has 0 aliphatic heterocycles. The Kier molecular flexibility index (Phi) is 7.03. The molecule has 1 aromatic rings. The molecule has 0 unspecified atom stereocenters. The smallest absolute Gasteiger partial charge is 0.223 e. The fraction of sp³-hybridized carbons (Fsp3) is 0.588. The van der Waals surface area contributed by atoms with Gasteiger partial charge < -0.3 is 10.6 Å². The number of nitrogen functional groups attached to an aromatic ring is 1. The monoisotopic (exact) mass is 310 g/mol. The highest BCUT2D eigenvalue weighted by Crippen LogP contribution is 2.26. The van der Waals surface area contributed by atoms with E-state index in [-0.39, 0.29) is 18.3 Å². The summed E-state index contributed by atoms with van der Waals surface area (Å²) in [7, 11) is 0. The summed E-state index contributed by atoms with van der Waals surface area (Å²) in [5, 5.41) is 0. The lowest BCUT2D eigenvalue weighted by molar-refractivity contribution is -0.135. The number of hydrogen-bond acceptors (Lipinski definition) is 2. The van der Waals surface area contributed by atoms with Crippen LogP contribution in [0.25, 0.3) is 0 Å². The number of hydrogen-bond donors (Lipinski definition) is 1. The summed E-state index contributed by atoms with van der Waals surface area (Å²) in [6.45, 7) is 4.24.